The van der Waals surface area contributed by atoms with Gasteiger partial charge in [0.05, 0.1) is 49.2 Å². The minimum atomic E-state index is -0.314. The molecular weight excluding hydrogens is 563 g/mol. The number of hydrogen-bond acceptors (Lipinski definition) is 9. The average molecular weight is 614 g/mol. The van der Waals surface area contributed by atoms with Gasteiger partial charge in [0.2, 0.25) is 11.8 Å². The van der Waals surface area contributed by atoms with Crippen LogP contribution in [0.5, 0.6) is 0 Å². The molecule has 2 heterocycles. The van der Waals surface area contributed by atoms with E-state index in [0.717, 1.165) is 24.4 Å². The second kappa shape index (κ2) is 22.9. The molecule has 2 unspecified atom stereocenters. The van der Waals surface area contributed by atoms with Gasteiger partial charge >= 0.3 is 0 Å². The summed E-state index contributed by atoms with van der Waals surface area (Å²) in [6.07, 6.45) is 2.43. The van der Waals surface area contributed by atoms with Crippen molar-refractivity contribution in [1.82, 2.24) is 30.8 Å². The van der Waals surface area contributed by atoms with Crippen LogP contribution in [0.1, 0.15) is 40.0 Å². The van der Waals surface area contributed by atoms with E-state index >= 15 is 0 Å². The Bertz CT molecular complexity index is 905. The molecule has 0 spiro atoms. The van der Waals surface area contributed by atoms with Gasteiger partial charge in [-0.25, -0.2) is 5.01 Å². The first-order valence-electron chi connectivity index (χ1n) is 15.1. The number of Topliss-reactive ketones (excluding diaryl/α,β-unsaturated/α-hetero) is 3. The zero-order chi connectivity index (χ0) is 33.8. The molecule has 0 saturated carbocycles. The van der Waals surface area contributed by atoms with Crippen molar-refractivity contribution < 1.29 is 33.8 Å². The molecule has 6 radical (unpaired) electrons. The topological polar surface area (TPSA) is 153 Å². The molecule has 2 aliphatic rings. The smallest absolute Gasteiger partial charge is 0.283 e. The van der Waals surface area contributed by atoms with Crippen LogP contribution < -0.4 is 21.1 Å². The third-order valence-electron chi connectivity index (χ3n) is 7.21. The first kappa shape index (κ1) is 41.5. The quantitative estimate of drug-likeness (QED) is 0.139. The van der Waals surface area contributed by atoms with Crippen LogP contribution in [-0.4, -0.2) is 159 Å². The number of carbonyl (C=O) groups is 6. The normalized spacial score (nSPS) is 20.5. The summed E-state index contributed by atoms with van der Waals surface area (Å²) in [6, 6.07) is -0.381. The number of nitrogens with zero attached hydrogens (tertiary/aromatic N) is 3. The Morgan fingerprint density at radius 3 is 1.68 bits per heavy atom. The van der Waals surface area contributed by atoms with E-state index in [-0.39, 0.29) is 78.7 Å². The van der Waals surface area contributed by atoms with Gasteiger partial charge in [-0.05, 0) is 53.9 Å². The first-order valence-corrected chi connectivity index (χ1v) is 15.1. The molecule has 0 bridgehead atoms. The molecule has 16 heteroatoms. The lowest BCUT2D eigenvalue weighted by Gasteiger charge is -2.27. The van der Waals surface area contributed by atoms with Crippen LogP contribution in [-0.2, 0) is 28.8 Å². The van der Waals surface area contributed by atoms with Gasteiger partial charge in [-0.15, -0.1) is 0 Å². The van der Waals surface area contributed by atoms with Gasteiger partial charge < -0.3 is 25.3 Å². The van der Waals surface area contributed by atoms with E-state index in [4.69, 9.17) is 23.5 Å². The maximum atomic E-state index is 12.5. The van der Waals surface area contributed by atoms with Gasteiger partial charge in [-0.1, -0.05) is 5.82 Å². The summed E-state index contributed by atoms with van der Waals surface area (Å²) >= 11 is 0. The van der Waals surface area contributed by atoms with E-state index in [1.54, 1.807) is 25.9 Å². The molecule has 0 aromatic carbocycles. The predicted molar refractivity (Wildman–Crippen MR) is 172 cm³/mol. The number of likely N-dealkylation sites (N-methyl/N-ethyl adjacent to an activating group) is 2. The van der Waals surface area contributed by atoms with Crippen molar-refractivity contribution in [2.75, 3.05) is 73.5 Å². The minimum Gasteiger partial charge on any atom is -0.335 e. The zero-order valence-corrected chi connectivity index (χ0v) is 27.4. The molecule has 44 heavy (non-hydrogen) atoms. The molecule has 2 aliphatic heterocycles. The number of ketones is 3. The number of likely N-dealkylation sites (tertiary alicyclic amines) is 1. The predicted octanol–water partition coefficient (Wildman–Crippen LogP) is -3.26. The highest BCUT2D eigenvalue weighted by Crippen LogP contribution is 2.27. The number of carbonyl (C=O) groups excluding carboxylic acids is 6. The second-order valence-corrected chi connectivity index (χ2v) is 11.0. The molecule has 2 rings (SSSR count). The number of amides is 3. The van der Waals surface area contributed by atoms with Crippen LogP contribution in [0.3, 0.4) is 0 Å². The van der Waals surface area contributed by atoms with Crippen LogP contribution in [0.15, 0.2) is 0 Å². The summed E-state index contributed by atoms with van der Waals surface area (Å²) in [5.41, 5.74) is 3.13. The van der Waals surface area contributed by atoms with E-state index in [1.165, 1.54) is 23.6 Å². The maximum Gasteiger partial charge on any atom is 0.283 e. The van der Waals surface area contributed by atoms with Crippen molar-refractivity contribution in [3.05, 3.63) is 0 Å². The van der Waals surface area contributed by atoms with Crippen molar-refractivity contribution in [2.45, 2.75) is 70.6 Å². The second-order valence-electron chi connectivity index (χ2n) is 11.0. The fraction of sp³-hybridized carbons (Fsp3) is 0.786. The molecule has 2 fully saturated rings. The molecule has 3 amide bonds. The highest BCUT2D eigenvalue weighted by molar-refractivity contribution is 6.20. The molecule has 4 atom stereocenters. The highest BCUT2D eigenvalue weighted by Gasteiger charge is 2.43. The lowest BCUT2D eigenvalue weighted by Crippen LogP contribution is -3.20. The summed E-state index contributed by atoms with van der Waals surface area (Å²) in [5, 5.41) is 6.91. The van der Waals surface area contributed by atoms with E-state index < -0.39 is 0 Å². The van der Waals surface area contributed by atoms with E-state index in [9.17, 15) is 28.8 Å². The van der Waals surface area contributed by atoms with Crippen molar-refractivity contribution in [1.29, 1.82) is 0 Å². The lowest BCUT2D eigenvalue weighted by atomic mass is 9.85. The Hall–Kier alpha value is -2.55. The third-order valence-corrected chi connectivity index (χ3v) is 7.21. The Kier molecular flexibility index (Phi) is 21.6. The number of rotatable bonds is 15. The van der Waals surface area contributed by atoms with Gasteiger partial charge in [0.1, 0.15) is 11.6 Å². The zero-order valence-electron chi connectivity index (χ0n) is 27.4. The summed E-state index contributed by atoms with van der Waals surface area (Å²) in [4.78, 5) is 72.7. The monoisotopic (exact) mass is 614 g/mol. The molecule has 0 aromatic heterocycles. The lowest BCUT2D eigenvalue weighted by molar-refractivity contribution is -0.946. The summed E-state index contributed by atoms with van der Waals surface area (Å²) < 4.78 is 0. The van der Waals surface area contributed by atoms with Gasteiger partial charge in [0, 0.05) is 52.6 Å². The molecule has 4 N–H and O–H groups in total. The Morgan fingerprint density at radius 1 is 0.841 bits per heavy atom. The first-order chi connectivity index (χ1) is 20.8. The number of quaternary nitrogens is 1. The number of nitrogens with one attached hydrogen (secondary N) is 4. The van der Waals surface area contributed by atoms with Gasteiger partial charge in [-0.3, -0.25) is 28.8 Å². The Labute approximate surface area is 267 Å². The molecule has 13 nitrogen and oxygen atoms in total. The SMILES string of the molecule is [B]CC(=O)N(CCNC)CC(C)=O.[B]CC(=O)N(CCNC)CC(C)=O.[B][C@@H]1CC(C(C)=O)N(C(=O)[C@H]2CCC[NH+]2NC)C1. The largest absolute Gasteiger partial charge is 0.335 e. The highest BCUT2D eigenvalue weighted by atomic mass is 16.2. The molecule has 0 aliphatic carbocycles. The third kappa shape index (κ3) is 15.4. The average Bonchev–Trinajstić information content (AvgIpc) is 3.63. The van der Waals surface area contributed by atoms with Crippen LogP contribution >= 0.6 is 0 Å². The fourth-order valence-corrected chi connectivity index (χ4v) is 4.99. The van der Waals surface area contributed by atoms with Crippen LogP contribution in [0.2, 0.25) is 18.5 Å². The fourth-order valence-electron chi connectivity index (χ4n) is 4.99. The van der Waals surface area contributed by atoms with Crippen molar-refractivity contribution in [3.8, 4) is 0 Å². The van der Waals surface area contributed by atoms with E-state index in [1.807, 2.05) is 7.05 Å². The Morgan fingerprint density at radius 2 is 1.32 bits per heavy atom. The summed E-state index contributed by atoms with van der Waals surface area (Å²) in [7, 11) is 21.7. The van der Waals surface area contributed by atoms with Crippen molar-refractivity contribution in [3.63, 3.8) is 0 Å². The Balaban J connectivity index is 0.000000647. The molecule has 2 saturated heterocycles. The van der Waals surface area contributed by atoms with Gasteiger partial charge in [0.15, 0.2) is 11.8 Å². The standard InChI is InChI=1S/C12H20BN3O2.2C8H15BN2O2/c1-8(17)11-6-9(13)7-15(11)12(18)10-4-3-5-16(10)14-2;2*1-7(12)6-11(4-3-10-2)8(13)5-9/h9-11,14H,3-7H2,1-2H3;2*10H,3-6H2,1-2H3/p+1/t9-,10-,11?;;/m1../s1. The van der Waals surface area contributed by atoms with Crippen LogP contribution in [0.25, 0.3) is 0 Å². The van der Waals surface area contributed by atoms with Crippen molar-refractivity contribution >= 4 is 58.6 Å². The van der Waals surface area contributed by atoms with E-state index in [2.05, 4.69) is 16.1 Å². The van der Waals surface area contributed by atoms with Gasteiger partial charge in [-0.2, -0.15) is 5.43 Å². The molecule has 242 valence electrons. The van der Waals surface area contributed by atoms with Crippen molar-refractivity contribution in [2.24, 2.45) is 0 Å². The molecular formula is C28H51B3N7O6+. The molecule has 0 aromatic rings. The van der Waals surface area contributed by atoms with E-state index in [0.29, 0.717) is 39.1 Å². The van der Waals surface area contributed by atoms with Crippen LogP contribution in [0.4, 0.5) is 0 Å². The number of hydrogen-bond donors (Lipinski definition) is 4. The summed E-state index contributed by atoms with van der Waals surface area (Å²) in [5.74, 6) is -0.390. The van der Waals surface area contributed by atoms with Crippen LogP contribution in [0, 0.1) is 0 Å². The summed E-state index contributed by atoms with van der Waals surface area (Å²) in [6.45, 7) is 8.59. The van der Waals surface area contributed by atoms with Gasteiger partial charge in [0.25, 0.3) is 5.91 Å². The minimum absolute atomic E-state index is 0.0297. The maximum absolute atomic E-state index is 12.5.